The van der Waals surface area contributed by atoms with Crippen LogP contribution in [0.5, 0.6) is 0 Å². The summed E-state index contributed by atoms with van der Waals surface area (Å²) in [5.41, 5.74) is 0. The van der Waals surface area contributed by atoms with E-state index in [4.69, 9.17) is 37.0 Å². The van der Waals surface area contributed by atoms with Gasteiger partial charge in [-0.25, -0.2) is 9.13 Å². The van der Waals surface area contributed by atoms with E-state index in [2.05, 4.69) is 65.8 Å². The topological polar surface area (TPSA) is 237 Å². The molecule has 3 unspecified atom stereocenters. The minimum Gasteiger partial charge on any atom is -0.462 e. The Morgan fingerprint density at radius 3 is 0.865 bits per heavy atom. The fourth-order valence-corrected chi connectivity index (χ4v) is 14.3. The van der Waals surface area contributed by atoms with Crippen molar-refractivity contribution < 1.29 is 80.2 Å². The first-order valence-corrected chi connectivity index (χ1v) is 46.3. The van der Waals surface area contributed by atoms with Crippen molar-refractivity contribution in [3.63, 3.8) is 0 Å². The van der Waals surface area contributed by atoms with Gasteiger partial charge in [-0.05, 0) is 63.2 Å². The number of carbonyl (C=O) groups excluding carboxylic acids is 4. The van der Waals surface area contributed by atoms with Gasteiger partial charge in [-0.1, -0.05) is 374 Å². The normalized spacial score (nSPS) is 14.2. The van der Waals surface area contributed by atoms with Crippen LogP contribution in [0, 0.1) is 11.8 Å². The maximum atomic E-state index is 13.1. The third-order valence-corrected chi connectivity index (χ3v) is 21.6. The first-order valence-electron chi connectivity index (χ1n) is 43.3. The molecular weight excluding hydrogens is 1350 g/mol. The fraction of sp³-hybridized carbons (Fsp3) is 0.906. The quantitative estimate of drug-likeness (QED) is 0.0169. The Bertz CT molecular complexity index is 2090. The van der Waals surface area contributed by atoms with Crippen molar-refractivity contribution in [2.45, 2.75) is 445 Å². The Morgan fingerprint density at radius 1 is 0.317 bits per heavy atom. The Labute approximate surface area is 637 Å². The van der Waals surface area contributed by atoms with Crippen LogP contribution in [0.3, 0.4) is 0 Å². The largest absolute Gasteiger partial charge is 0.472 e. The number of ether oxygens (including phenoxy) is 4. The number of aliphatic hydroxyl groups is 1. The summed E-state index contributed by atoms with van der Waals surface area (Å²) in [5.74, 6) is -0.614. The molecule has 0 radical (unpaired) electrons. The summed E-state index contributed by atoms with van der Waals surface area (Å²) < 4.78 is 68.7. The van der Waals surface area contributed by atoms with E-state index in [0.29, 0.717) is 31.6 Å². The van der Waals surface area contributed by atoms with E-state index >= 15 is 0 Å². The number of hydrogen-bond donors (Lipinski definition) is 3. The fourth-order valence-electron chi connectivity index (χ4n) is 12.7. The van der Waals surface area contributed by atoms with Gasteiger partial charge in [0.25, 0.3) is 0 Å². The molecule has 17 nitrogen and oxygen atoms in total. The Morgan fingerprint density at radius 2 is 0.567 bits per heavy atom. The smallest absolute Gasteiger partial charge is 0.462 e. The van der Waals surface area contributed by atoms with Gasteiger partial charge in [0.1, 0.15) is 19.3 Å². The Kier molecular flexibility index (Phi) is 74.1. The first kappa shape index (κ1) is 102. The predicted octanol–water partition coefficient (Wildman–Crippen LogP) is 25.4. The minimum atomic E-state index is -4.97. The number of rotatable bonds is 82. The second-order valence-electron chi connectivity index (χ2n) is 30.6. The standard InChI is InChI=1S/C85H162O17P2/c1-7-10-12-14-16-18-20-22-24-25-26-27-28-29-30-32-38-42-46-50-58-64-69-84(89)101-80(73-95-82(87)67-61-55-48-44-40-36-34-33-35-39-43-47-54-60-66-78(6)9-3)75-99-103(91,92)97-71-79(86)72-98-104(93,94)100-76-81(74-96-83(88)68-62-56-52-51-53-59-65-77(4)5)102-85(90)70-63-57-49-45-41-37-31-23-21-19-17-15-13-11-8-2/h19,21,23,31,77-81,86H,7-18,20,22,24-30,32-76H2,1-6H3,(H,91,92)(H,93,94)/b21-19-,31-23-/t78?,79-,80-,81-/m1/s1. The van der Waals surface area contributed by atoms with Crippen LogP contribution in [0.15, 0.2) is 24.3 Å². The molecule has 0 aromatic rings. The van der Waals surface area contributed by atoms with Gasteiger partial charge in [-0.3, -0.25) is 37.3 Å². The van der Waals surface area contributed by atoms with Gasteiger partial charge >= 0.3 is 39.5 Å². The average molecular weight is 1520 g/mol. The molecule has 3 N–H and O–H groups in total. The lowest BCUT2D eigenvalue weighted by atomic mass is 9.99. The summed E-state index contributed by atoms with van der Waals surface area (Å²) in [5, 5.41) is 10.7. The van der Waals surface area contributed by atoms with E-state index in [1.807, 2.05) is 0 Å². The molecule has 0 aliphatic rings. The summed E-state index contributed by atoms with van der Waals surface area (Å²) in [4.78, 5) is 73.1. The van der Waals surface area contributed by atoms with Crippen LogP contribution in [-0.2, 0) is 65.4 Å². The zero-order valence-electron chi connectivity index (χ0n) is 67.8. The van der Waals surface area contributed by atoms with Crippen LogP contribution < -0.4 is 0 Å². The highest BCUT2D eigenvalue weighted by molar-refractivity contribution is 7.47. The molecule has 19 heteroatoms. The number of aliphatic hydroxyl groups excluding tert-OH is 1. The molecule has 0 aromatic carbocycles. The van der Waals surface area contributed by atoms with Crippen molar-refractivity contribution in [1.29, 1.82) is 0 Å². The number of allylic oxidation sites excluding steroid dienone is 4. The van der Waals surface area contributed by atoms with Gasteiger partial charge in [-0.2, -0.15) is 0 Å². The third kappa shape index (κ3) is 76.3. The van der Waals surface area contributed by atoms with Crippen molar-refractivity contribution >= 4 is 39.5 Å². The molecule has 0 amide bonds. The highest BCUT2D eigenvalue weighted by Gasteiger charge is 2.30. The van der Waals surface area contributed by atoms with Crippen molar-refractivity contribution in [3.05, 3.63) is 24.3 Å². The monoisotopic (exact) mass is 1520 g/mol. The molecule has 6 atom stereocenters. The van der Waals surface area contributed by atoms with Crippen LogP contribution in [0.4, 0.5) is 0 Å². The van der Waals surface area contributed by atoms with Gasteiger partial charge in [0, 0.05) is 25.7 Å². The number of carbonyl (C=O) groups is 4. The number of phosphoric ester groups is 2. The zero-order chi connectivity index (χ0) is 76.4. The van der Waals surface area contributed by atoms with Gasteiger partial charge in [0.2, 0.25) is 0 Å². The van der Waals surface area contributed by atoms with E-state index in [1.54, 1.807) is 0 Å². The number of esters is 4. The van der Waals surface area contributed by atoms with Gasteiger partial charge in [0.05, 0.1) is 26.4 Å². The molecule has 614 valence electrons. The highest BCUT2D eigenvalue weighted by Crippen LogP contribution is 2.45. The summed E-state index contributed by atoms with van der Waals surface area (Å²) in [6, 6.07) is 0. The summed E-state index contributed by atoms with van der Waals surface area (Å²) in [6.07, 6.45) is 70.5. The van der Waals surface area contributed by atoms with Crippen molar-refractivity contribution in [2.24, 2.45) is 11.8 Å². The Hall–Kier alpha value is -2.46. The molecule has 0 heterocycles. The van der Waals surface area contributed by atoms with E-state index in [1.165, 1.54) is 225 Å². The van der Waals surface area contributed by atoms with E-state index in [-0.39, 0.29) is 25.7 Å². The van der Waals surface area contributed by atoms with Crippen LogP contribution in [0.25, 0.3) is 0 Å². The third-order valence-electron chi connectivity index (χ3n) is 19.7. The lowest BCUT2D eigenvalue weighted by Gasteiger charge is -2.21. The van der Waals surface area contributed by atoms with Crippen LogP contribution in [0.1, 0.15) is 427 Å². The van der Waals surface area contributed by atoms with Crippen LogP contribution >= 0.6 is 15.6 Å². The lowest BCUT2D eigenvalue weighted by Crippen LogP contribution is -2.30. The van der Waals surface area contributed by atoms with Gasteiger partial charge in [-0.15, -0.1) is 0 Å². The molecule has 0 bridgehead atoms. The molecule has 0 spiro atoms. The predicted molar refractivity (Wildman–Crippen MR) is 427 cm³/mol. The molecule has 0 aromatic heterocycles. The second-order valence-corrected chi connectivity index (χ2v) is 33.5. The lowest BCUT2D eigenvalue weighted by molar-refractivity contribution is -0.161. The molecule has 0 saturated carbocycles. The average Bonchev–Trinajstić information content (AvgIpc) is 0.906. The summed E-state index contributed by atoms with van der Waals surface area (Å²) in [6.45, 7) is 9.55. The molecule has 0 aliphatic carbocycles. The maximum absolute atomic E-state index is 13.1. The molecular formula is C85H162O17P2. The Balaban J connectivity index is 5.23. The number of phosphoric acid groups is 2. The number of hydrogen-bond acceptors (Lipinski definition) is 15. The maximum Gasteiger partial charge on any atom is 0.472 e. The van der Waals surface area contributed by atoms with Crippen molar-refractivity contribution in [1.82, 2.24) is 0 Å². The van der Waals surface area contributed by atoms with Crippen LogP contribution in [0.2, 0.25) is 0 Å². The zero-order valence-corrected chi connectivity index (χ0v) is 69.6. The second kappa shape index (κ2) is 75.9. The summed E-state index contributed by atoms with van der Waals surface area (Å²) in [7, 11) is -9.94. The van der Waals surface area contributed by atoms with E-state index in [9.17, 15) is 43.2 Å². The highest BCUT2D eigenvalue weighted by atomic mass is 31.2. The van der Waals surface area contributed by atoms with Crippen LogP contribution in [-0.4, -0.2) is 96.7 Å². The minimum absolute atomic E-state index is 0.0842. The molecule has 0 fully saturated rings. The van der Waals surface area contributed by atoms with Crippen molar-refractivity contribution in [2.75, 3.05) is 39.6 Å². The SMILES string of the molecule is CCCCCC/C=C\C=C/CCCCCCCC(=O)O[C@H](COC(=O)CCCCCCCCC(C)C)COP(=O)(O)OC[C@H](O)COP(=O)(O)OC[C@@H](COC(=O)CCCCCCCCCCCCCCCCC(C)CC)OC(=O)CCCCCCCCCCCCCCCCCCCCCCCC. The van der Waals surface area contributed by atoms with E-state index < -0.39 is 97.5 Å². The van der Waals surface area contributed by atoms with Gasteiger partial charge in [0.15, 0.2) is 12.2 Å². The van der Waals surface area contributed by atoms with E-state index in [0.717, 1.165) is 115 Å². The van der Waals surface area contributed by atoms with Crippen molar-refractivity contribution in [3.8, 4) is 0 Å². The first-order chi connectivity index (χ1) is 50.4. The number of unbranched alkanes of at least 4 members (excludes halogenated alkanes) is 48. The molecule has 104 heavy (non-hydrogen) atoms. The molecule has 0 rings (SSSR count). The summed E-state index contributed by atoms with van der Waals surface area (Å²) >= 11 is 0. The molecule has 0 aliphatic heterocycles. The van der Waals surface area contributed by atoms with Gasteiger partial charge < -0.3 is 33.8 Å². The molecule has 0 saturated heterocycles.